The fourth-order valence-corrected chi connectivity index (χ4v) is 1.45. The summed E-state index contributed by atoms with van der Waals surface area (Å²) in [4.78, 5) is 0. The summed E-state index contributed by atoms with van der Waals surface area (Å²) in [6.07, 6.45) is 1.75. The Hall–Kier alpha value is -1.19. The van der Waals surface area contributed by atoms with Crippen LogP contribution in [0.15, 0.2) is 29.8 Å². The van der Waals surface area contributed by atoms with Gasteiger partial charge in [-0.15, -0.1) is 0 Å². The third kappa shape index (κ3) is 4.67. The van der Waals surface area contributed by atoms with Crippen molar-refractivity contribution in [3.63, 3.8) is 0 Å². The van der Waals surface area contributed by atoms with Gasteiger partial charge in [0.15, 0.2) is 0 Å². The van der Waals surface area contributed by atoms with Crippen molar-refractivity contribution in [1.82, 2.24) is 5.32 Å². The van der Waals surface area contributed by atoms with Crippen LogP contribution in [0.2, 0.25) is 0 Å². The molecule has 0 aliphatic heterocycles. The summed E-state index contributed by atoms with van der Waals surface area (Å²) in [5.41, 5.74) is 2.56. The second-order valence-corrected chi connectivity index (χ2v) is 3.68. The molecule has 0 saturated heterocycles. The van der Waals surface area contributed by atoms with E-state index < -0.39 is 0 Å². The Morgan fingerprint density at radius 1 is 1.41 bits per heavy atom. The van der Waals surface area contributed by atoms with Crippen molar-refractivity contribution in [1.29, 1.82) is 0 Å². The van der Waals surface area contributed by atoms with Gasteiger partial charge in [-0.25, -0.2) is 0 Å². The number of ether oxygens (including phenoxy) is 2. The normalized spacial score (nSPS) is 10.8. The second kappa shape index (κ2) is 7.98. The standard InChI is InChI=1S/C13H18ClNO2/c1-3-15-10-11-5-6-12(16-2)9-13(11)17-8-4-7-14/h4-7,9,15H,3,8,10H2,1-2H3. The van der Waals surface area contributed by atoms with E-state index in [0.29, 0.717) is 6.61 Å². The van der Waals surface area contributed by atoms with Gasteiger partial charge in [0.2, 0.25) is 0 Å². The van der Waals surface area contributed by atoms with Gasteiger partial charge < -0.3 is 14.8 Å². The van der Waals surface area contributed by atoms with Crippen LogP contribution in [0.3, 0.4) is 0 Å². The molecule has 0 aliphatic rings. The summed E-state index contributed by atoms with van der Waals surface area (Å²) in [6.45, 7) is 4.23. The molecule has 0 aromatic heterocycles. The third-order valence-electron chi connectivity index (χ3n) is 2.26. The molecule has 0 amide bonds. The van der Waals surface area contributed by atoms with Crippen molar-refractivity contribution in [2.75, 3.05) is 20.3 Å². The van der Waals surface area contributed by atoms with Crippen molar-refractivity contribution >= 4 is 11.6 Å². The molecule has 1 aromatic carbocycles. The highest BCUT2D eigenvalue weighted by Gasteiger charge is 2.04. The summed E-state index contributed by atoms with van der Waals surface area (Å²) in [5, 5.41) is 3.27. The molecule has 3 nitrogen and oxygen atoms in total. The van der Waals surface area contributed by atoms with Crippen LogP contribution in [0.5, 0.6) is 11.5 Å². The molecular weight excluding hydrogens is 238 g/mol. The molecule has 4 heteroatoms. The molecule has 0 atom stereocenters. The van der Waals surface area contributed by atoms with Crippen molar-refractivity contribution in [3.05, 3.63) is 35.4 Å². The number of hydrogen-bond donors (Lipinski definition) is 1. The fraction of sp³-hybridized carbons (Fsp3) is 0.385. The molecule has 0 bridgehead atoms. The maximum absolute atomic E-state index is 5.63. The van der Waals surface area contributed by atoms with Crippen LogP contribution >= 0.6 is 11.6 Å². The third-order valence-corrected chi connectivity index (χ3v) is 2.44. The average Bonchev–Trinajstić information content (AvgIpc) is 2.37. The number of hydrogen-bond acceptors (Lipinski definition) is 3. The van der Waals surface area contributed by atoms with Gasteiger partial charge in [0.05, 0.1) is 7.11 Å². The van der Waals surface area contributed by atoms with E-state index in [-0.39, 0.29) is 0 Å². The minimum absolute atomic E-state index is 0.454. The van der Waals surface area contributed by atoms with Gasteiger partial charge in [-0.1, -0.05) is 24.6 Å². The summed E-state index contributed by atoms with van der Waals surface area (Å²) >= 11 is 5.45. The zero-order valence-electron chi connectivity index (χ0n) is 10.2. The molecule has 17 heavy (non-hydrogen) atoms. The first-order chi connectivity index (χ1) is 8.31. The lowest BCUT2D eigenvalue weighted by Gasteiger charge is -2.12. The van der Waals surface area contributed by atoms with Crippen LogP contribution in [0, 0.1) is 0 Å². The highest BCUT2D eigenvalue weighted by atomic mass is 35.5. The number of benzene rings is 1. The maximum atomic E-state index is 5.63. The molecule has 1 rings (SSSR count). The SMILES string of the molecule is CCNCc1ccc(OC)cc1OCC=CCl. The van der Waals surface area contributed by atoms with Gasteiger partial charge in [-0.3, -0.25) is 0 Å². The van der Waals surface area contributed by atoms with E-state index >= 15 is 0 Å². The van der Waals surface area contributed by atoms with Gasteiger partial charge >= 0.3 is 0 Å². The number of rotatable bonds is 7. The lowest BCUT2D eigenvalue weighted by molar-refractivity contribution is 0.352. The summed E-state index contributed by atoms with van der Waals surface area (Å²) in [6, 6.07) is 5.81. The Kier molecular flexibility index (Phi) is 6.51. The van der Waals surface area contributed by atoms with Crippen molar-refractivity contribution < 1.29 is 9.47 Å². The molecule has 0 heterocycles. The Morgan fingerprint density at radius 2 is 2.24 bits per heavy atom. The monoisotopic (exact) mass is 255 g/mol. The van der Waals surface area contributed by atoms with Crippen LogP contribution in [0.25, 0.3) is 0 Å². The van der Waals surface area contributed by atoms with Gasteiger partial charge in [0.1, 0.15) is 18.1 Å². The molecule has 0 spiro atoms. The van der Waals surface area contributed by atoms with Crippen molar-refractivity contribution in [2.45, 2.75) is 13.5 Å². The predicted molar refractivity (Wildman–Crippen MR) is 70.9 cm³/mol. The maximum Gasteiger partial charge on any atom is 0.127 e. The van der Waals surface area contributed by atoms with E-state index in [0.717, 1.165) is 30.2 Å². The summed E-state index contributed by atoms with van der Waals surface area (Å²) in [7, 11) is 1.64. The largest absolute Gasteiger partial charge is 0.497 e. The fourth-order valence-electron chi connectivity index (χ4n) is 1.38. The van der Waals surface area contributed by atoms with E-state index in [1.54, 1.807) is 13.2 Å². The predicted octanol–water partition coefficient (Wildman–Crippen LogP) is 2.94. The first-order valence-electron chi connectivity index (χ1n) is 5.57. The van der Waals surface area contributed by atoms with Crippen LogP contribution in [-0.2, 0) is 6.54 Å². The zero-order chi connectivity index (χ0) is 12.5. The molecule has 0 radical (unpaired) electrons. The highest BCUT2D eigenvalue weighted by molar-refractivity contribution is 6.25. The molecular formula is C13H18ClNO2. The van der Waals surface area contributed by atoms with Crippen LogP contribution in [0.1, 0.15) is 12.5 Å². The van der Waals surface area contributed by atoms with Gasteiger partial charge in [-0.2, -0.15) is 0 Å². The summed E-state index contributed by atoms with van der Waals surface area (Å²) < 4.78 is 10.8. The second-order valence-electron chi connectivity index (χ2n) is 3.43. The van der Waals surface area contributed by atoms with Crippen molar-refractivity contribution in [3.8, 4) is 11.5 Å². The van der Waals surface area contributed by atoms with E-state index in [4.69, 9.17) is 21.1 Å². The number of halogens is 1. The zero-order valence-corrected chi connectivity index (χ0v) is 11.0. The first kappa shape index (κ1) is 13.9. The lowest BCUT2D eigenvalue weighted by Crippen LogP contribution is -2.13. The minimum atomic E-state index is 0.454. The van der Waals surface area contributed by atoms with Crippen LogP contribution in [-0.4, -0.2) is 20.3 Å². The topological polar surface area (TPSA) is 30.5 Å². The highest BCUT2D eigenvalue weighted by Crippen LogP contribution is 2.24. The summed E-state index contributed by atoms with van der Waals surface area (Å²) in [5.74, 6) is 1.61. The lowest BCUT2D eigenvalue weighted by atomic mass is 10.2. The molecule has 0 fully saturated rings. The van der Waals surface area contributed by atoms with Gasteiger partial charge in [0.25, 0.3) is 0 Å². The number of nitrogens with one attached hydrogen (secondary N) is 1. The Bertz CT molecular complexity index is 366. The van der Waals surface area contributed by atoms with E-state index in [1.165, 1.54) is 5.54 Å². The van der Waals surface area contributed by atoms with Crippen LogP contribution in [0.4, 0.5) is 0 Å². The Balaban J connectivity index is 2.78. The number of methoxy groups -OCH3 is 1. The Labute approximate surface area is 107 Å². The molecule has 0 unspecified atom stereocenters. The Morgan fingerprint density at radius 3 is 2.88 bits per heavy atom. The van der Waals surface area contributed by atoms with Gasteiger partial charge in [-0.05, 0) is 18.7 Å². The van der Waals surface area contributed by atoms with E-state index in [1.807, 2.05) is 18.2 Å². The minimum Gasteiger partial charge on any atom is -0.497 e. The molecule has 1 N–H and O–H groups in total. The molecule has 0 saturated carbocycles. The van der Waals surface area contributed by atoms with E-state index in [2.05, 4.69) is 12.2 Å². The average molecular weight is 256 g/mol. The van der Waals surface area contributed by atoms with Crippen molar-refractivity contribution in [2.24, 2.45) is 0 Å². The van der Waals surface area contributed by atoms with E-state index in [9.17, 15) is 0 Å². The quantitative estimate of drug-likeness (QED) is 0.813. The molecule has 94 valence electrons. The van der Waals surface area contributed by atoms with Crippen LogP contribution < -0.4 is 14.8 Å². The first-order valence-corrected chi connectivity index (χ1v) is 6.01. The smallest absolute Gasteiger partial charge is 0.127 e. The molecule has 1 aromatic rings. The molecule has 0 aliphatic carbocycles. The van der Waals surface area contributed by atoms with Gasteiger partial charge in [0, 0.05) is 23.7 Å².